The maximum absolute atomic E-state index is 6.37. The fourth-order valence-corrected chi connectivity index (χ4v) is 4.88. The highest BCUT2D eigenvalue weighted by Gasteiger charge is 2.50. The molecule has 1 heterocycles. The van der Waals surface area contributed by atoms with E-state index in [0.29, 0.717) is 0 Å². The largest absolute Gasteiger partial charge is 0.257 e. The predicted molar refractivity (Wildman–Crippen MR) is 75.3 cm³/mol. The summed E-state index contributed by atoms with van der Waals surface area (Å²) in [6, 6.07) is 0. The van der Waals surface area contributed by atoms with Gasteiger partial charge in [-0.25, -0.2) is 0 Å². The Hall–Kier alpha value is -0.210. The lowest BCUT2D eigenvalue weighted by Crippen LogP contribution is -2.32. The second-order valence-corrected chi connectivity index (χ2v) is 6.86. The zero-order valence-corrected chi connectivity index (χ0v) is 12.6. The van der Waals surface area contributed by atoms with Crippen molar-refractivity contribution < 1.29 is 0 Å². The van der Waals surface area contributed by atoms with Crippen LogP contribution >= 0.6 is 23.2 Å². The predicted octanol–water partition coefficient (Wildman–Crippen LogP) is 3.97. The summed E-state index contributed by atoms with van der Waals surface area (Å²) in [5.74, 6) is 2.47. The van der Waals surface area contributed by atoms with Gasteiger partial charge in [0.1, 0.15) is 5.15 Å². The molecule has 100 valence electrons. The van der Waals surface area contributed by atoms with Gasteiger partial charge in [-0.1, -0.05) is 18.0 Å². The van der Waals surface area contributed by atoms with Crippen molar-refractivity contribution in [1.29, 1.82) is 0 Å². The van der Waals surface area contributed by atoms with Gasteiger partial charge in [0.25, 0.3) is 0 Å². The van der Waals surface area contributed by atoms with Crippen LogP contribution in [0.2, 0.25) is 5.15 Å². The molecular weight excluding hydrogens is 267 g/mol. The summed E-state index contributed by atoms with van der Waals surface area (Å²) < 4.78 is 1.78. The van der Waals surface area contributed by atoms with Gasteiger partial charge in [0, 0.05) is 18.5 Å². The van der Waals surface area contributed by atoms with E-state index < -0.39 is 0 Å². The van der Waals surface area contributed by atoms with E-state index in [1.807, 2.05) is 7.05 Å². The molecule has 0 saturated heterocycles. The molecule has 0 N–H and O–H groups in total. The zero-order valence-electron chi connectivity index (χ0n) is 11.0. The molecule has 0 aliphatic heterocycles. The van der Waals surface area contributed by atoms with Crippen LogP contribution in [0.15, 0.2) is 0 Å². The molecule has 4 heteroatoms. The van der Waals surface area contributed by atoms with Crippen molar-refractivity contribution >= 4 is 23.2 Å². The van der Waals surface area contributed by atoms with Crippen LogP contribution in [-0.4, -0.2) is 15.7 Å². The van der Waals surface area contributed by atoms with Gasteiger partial charge < -0.3 is 0 Å². The lowest BCUT2D eigenvalue weighted by Gasteiger charge is -2.36. The van der Waals surface area contributed by atoms with Crippen LogP contribution in [-0.2, 0) is 13.5 Å². The van der Waals surface area contributed by atoms with Crippen LogP contribution in [0.1, 0.15) is 36.9 Å². The molecule has 0 aromatic carbocycles. The minimum absolute atomic E-state index is 0.280. The number of halogens is 2. The summed E-state index contributed by atoms with van der Waals surface area (Å²) in [5, 5.41) is 5.21. The van der Waals surface area contributed by atoms with E-state index in [1.165, 1.54) is 31.2 Å². The summed E-state index contributed by atoms with van der Waals surface area (Å²) in [6.07, 6.45) is 6.43. The maximum Gasteiger partial charge on any atom is 0.130 e. The highest BCUT2D eigenvalue weighted by Crippen LogP contribution is 2.58. The fraction of sp³-hybridized carbons (Fsp3) is 0.786. The third-order valence-electron chi connectivity index (χ3n) is 5.17. The van der Waals surface area contributed by atoms with Gasteiger partial charge >= 0.3 is 0 Å². The normalized spacial score (nSPS) is 34.4. The first-order valence-electron chi connectivity index (χ1n) is 6.79. The number of hydrogen-bond donors (Lipinski definition) is 0. The number of nitrogens with zero attached hydrogens (tertiary/aromatic N) is 2. The Morgan fingerprint density at radius 2 is 2.22 bits per heavy atom. The number of fused-ring (bicyclic) bond motifs is 2. The van der Waals surface area contributed by atoms with Crippen molar-refractivity contribution in [1.82, 2.24) is 9.78 Å². The monoisotopic (exact) mass is 286 g/mol. The highest BCUT2D eigenvalue weighted by molar-refractivity contribution is 6.30. The molecule has 2 nitrogen and oxygen atoms in total. The maximum atomic E-state index is 6.37. The molecule has 18 heavy (non-hydrogen) atoms. The van der Waals surface area contributed by atoms with Crippen LogP contribution in [0.3, 0.4) is 0 Å². The second kappa shape index (κ2) is 4.42. The molecule has 1 aromatic rings. The standard InChI is InChI=1S/C14H20Cl2N2/c1-9-12(13(16)18(2)17-9)7-14(8-15)6-10-3-4-11(14)5-10/h10-11H,3-8H2,1-2H3. The minimum Gasteiger partial charge on any atom is -0.257 e. The van der Waals surface area contributed by atoms with Crippen molar-refractivity contribution in [3.63, 3.8) is 0 Å². The third-order valence-corrected chi connectivity index (χ3v) is 6.17. The average Bonchev–Trinajstić information content (AvgIpc) is 3.00. The van der Waals surface area contributed by atoms with E-state index in [-0.39, 0.29) is 5.41 Å². The Labute approximate surface area is 119 Å². The third kappa shape index (κ3) is 1.80. The van der Waals surface area contributed by atoms with Crippen LogP contribution in [0.5, 0.6) is 0 Å². The first-order valence-corrected chi connectivity index (χ1v) is 7.71. The van der Waals surface area contributed by atoms with Crippen molar-refractivity contribution in [3.05, 3.63) is 16.4 Å². The lowest BCUT2D eigenvalue weighted by molar-refractivity contribution is 0.193. The Kier molecular flexibility index (Phi) is 3.14. The summed E-state index contributed by atoms with van der Waals surface area (Å²) in [5.41, 5.74) is 2.56. The van der Waals surface area contributed by atoms with Gasteiger partial charge in [-0.3, -0.25) is 4.68 Å². The van der Waals surface area contributed by atoms with Gasteiger partial charge in [-0.2, -0.15) is 5.10 Å². The molecular formula is C14H20Cl2N2. The lowest BCUT2D eigenvalue weighted by atomic mass is 9.71. The van der Waals surface area contributed by atoms with Crippen molar-refractivity contribution in [3.8, 4) is 0 Å². The van der Waals surface area contributed by atoms with E-state index in [1.54, 1.807) is 4.68 Å². The van der Waals surface area contributed by atoms with Gasteiger partial charge in [0.05, 0.1) is 5.69 Å². The molecule has 2 aliphatic carbocycles. The Morgan fingerprint density at radius 1 is 1.44 bits per heavy atom. The van der Waals surface area contributed by atoms with E-state index in [4.69, 9.17) is 23.2 Å². The van der Waals surface area contributed by atoms with Gasteiger partial charge in [0.15, 0.2) is 0 Å². The van der Waals surface area contributed by atoms with Gasteiger partial charge in [0.2, 0.25) is 0 Å². The fourth-order valence-electron chi connectivity index (χ4n) is 4.21. The summed E-state index contributed by atoms with van der Waals surface area (Å²) in [4.78, 5) is 0. The van der Waals surface area contributed by atoms with Gasteiger partial charge in [-0.15, -0.1) is 11.6 Å². The molecule has 2 bridgehead atoms. The number of hydrogen-bond acceptors (Lipinski definition) is 1. The van der Waals surface area contributed by atoms with Gasteiger partial charge in [-0.05, 0) is 49.9 Å². The summed E-state index contributed by atoms with van der Waals surface area (Å²) in [7, 11) is 1.91. The molecule has 2 saturated carbocycles. The minimum atomic E-state index is 0.280. The average molecular weight is 287 g/mol. The topological polar surface area (TPSA) is 17.8 Å². The van der Waals surface area contributed by atoms with Crippen molar-refractivity contribution in [2.75, 3.05) is 5.88 Å². The van der Waals surface area contributed by atoms with E-state index in [9.17, 15) is 0 Å². The molecule has 1 aromatic heterocycles. The van der Waals surface area contributed by atoms with Crippen LogP contribution in [0.4, 0.5) is 0 Å². The first-order chi connectivity index (χ1) is 8.55. The molecule has 3 atom stereocenters. The Balaban J connectivity index is 1.91. The Morgan fingerprint density at radius 3 is 2.67 bits per heavy atom. The molecule has 3 unspecified atom stereocenters. The highest BCUT2D eigenvalue weighted by atomic mass is 35.5. The molecule has 2 aliphatic rings. The van der Waals surface area contributed by atoms with Crippen LogP contribution < -0.4 is 0 Å². The quantitative estimate of drug-likeness (QED) is 0.769. The first kappa shape index (κ1) is 12.8. The second-order valence-electron chi connectivity index (χ2n) is 6.23. The van der Waals surface area contributed by atoms with Crippen LogP contribution in [0.25, 0.3) is 0 Å². The zero-order chi connectivity index (χ0) is 12.9. The Bertz CT molecular complexity index is 469. The van der Waals surface area contributed by atoms with Crippen molar-refractivity contribution in [2.24, 2.45) is 24.3 Å². The molecule has 0 spiro atoms. The molecule has 3 rings (SSSR count). The number of aryl methyl sites for hydroxylation is 2. The number of alkyl halides is 1. The van der Waals surface area contributed by atoms with E-state index in [0.717, 1.165) is 35.0 Å². The van der Waals surface area contributed by atoms with Crippen LogP contribution in [0, 0.1) is 24.2 Å². The number of rotatable bonds is 3. The number of aromatic nitrogens is 2. The molecule has 0 amide bonds. The molecule has 2 fully saturated rings. The van der Waals surface area contributed by atoms with E-state index in [2.05, 4.69) is 12.0 Å². The molecule has 0 radical (unpaired) electrons. The summed E-state index contributed by atoms with van der Waals surface area (Å²) >= 11 is 12.7. The van der Waals surface area contributed by atoms with E-state index >= 15 is 0 Å². The smallest absolute Gasteiger partial charge is 0.130 e. The summed E-state index contributed by atoms with van der Waals surface area (Å²) in [6.45, 7) is 2.05. The SMILES string of the molecule is Cc1nn(C)c(Cl)c1CC1(CCl)CC2CCC1C2. The van der Waals surface area contributed by atoms with Crippen molar-refractivity contribution in [2.45, 2.75) is 39.0 Å².